The second-order valence-electron chi connectivity index (χ2n) is 4.31. The first-order chi connectivity index (χ1) is 8.28. The van der Waals surface area contributed by atoms with Crippen LogP contribution in [0.4, 0.5) is 5.69 Å². The first kappa shape index (κ1) is 10.1. The third-order valence-electron chi connectivity index (χ3n) is 3.19. The van der Waals surface area contributed by atoms with Crippen molar-refractivity contribution in [2.45, 2.75) is 6.42 Å². The Morgan fingerprint density at radius 1 is 1.59 bits per heavy atom. The maximum Gasteiger partial charge on any atom is 0.227 e. The van der Waals surface area contributed by atoms with Crippen molar-refractivity contribution < 1.29 is 4.79 Å². The van der Waals surface area contributed by atoms with Gasteiger partial charge >= 0.3 is 0 Å². The molecular formula is C13H13N3O. The van der Waals surface area contributed by atoms with Gasteiger partial charge < -0.3 is 9.88 Å². The Labute approximate surface area is 99.0 Å². The zero-order chi connectivity index (χ0) is 11.8. The largest absolute Gasteiger partial charge is 0.346 e. The SMILES string of the molecule is C=CC1CC(=O)N(c2cnc3[nH]ccc3c2)C1. The van der Waals surface area contributed by atoms with E-state index in [0.29, 0.717) is 13.0 Å². The molecule has 0 radical (unpaired) electrons. The molecule has 17 heavy (non-hydrogen) atoms. The van der Waals surface area contributed by atoms with Gasteiger partial charge in [-0.25, -0.2) is 4.98 Å². The Morgan fingerprint density at radius 2 is 2.47 bits per heavy atom. The van der Waals surface area contributed by atoms with Gasteiger partial charge in [-0.05, 0) is 12.1 Å². The Balaban J connectivity index is 1.98. The van der Waals surface area contributed by atoms with Gasteiger partial charge in [0.05, 0.1) is 11.9 Å². The third kappa shape index (κ3) is 1.62. The summed E-state index contributed by atoms with van der Waals surface area (Å²) < 4.78 is 0. The number of hydrogen-bond donors (Lipinski definition) is 1. The Bertz CT molecular complexity index is 587. The molecule has 1 N–H and O–H groups in total. The van der Waals surface area contributed by atoms with Crippen LogP contribution in [0.1, 0.15) is 6.42 Å². The number of carbonyl (C=O) groups excluding carboxylic acids is 1. The second-order valence-corrected chi connectivity index (χ2v) is 4.31. The van der Waals surface area contributed by atoms with E-state index in [1.54, 1.807) is 11.1 Å². The summed E-state index contributed by atoms with van der Waals surface area (Å²) in [6.07, 6.45) is 5.98. The molecule has 1 unspecified atom stereocenters. The number of anilines is 1. The van der Waals surface area contributed by atoms with Crippen LogP contribution in [-0.2, 0) is 4.79 Å². The van der Waals surface area contributed by atoms with Gasteiger partial charge in [0.2, 0.25) is 5.91 Å². The molecule has 1 aliphatic rings. The topological polar surface area (TPSA) is 49.0 Å². The Morgan fingerprint density at radius 3 is 3.24 bits per heavy atom. The van der Waals surface area contributed by atoms with E-state index in [1.165, 1.54) is 0 Å². The molecule has 2 aromatic rings. The summed E-state index contributed by atoms with van der Waals surface area (Å²) in [4.78, 5) is 21.0. The number of nitrogens with one attached hydrogen (secondary N) is 1. The zero-order valence-corrected chi connectivity index (χ0v) is 9.39. The minimum Gasteiger partial charge on any atom is -0.346 e. The molecule has 0 aliphatic carbocycles. The van der Waals surface area contributed by atoms with Crippen LogP contribution in [0.3, 0.4) is 0 Å². The van der Waals surface area contributed by atoms with E-state index in [4.69, 9.17) is 0 Å². The summed E-state index contributed by atoms with van der Waals surface area (Å²) in [5.41, 5.74) is 1.71. The van der Waals surface area contributed by atoms with E-state index >= 15 is 0 Å². The van der Waals surface area contributed by atoms with Crippen LogP contribution in [0.25, 0.3) is 11.0 Å². The number of hydrogen-bond acceptors (Lipinski definition) is 2. The highest BCUT2D eigenvalue weighted by Crippen LogP contribution is 2.26. The van der Waals surface area contributed by atoms with E-state index in [9.17, 15) is 4.79 Å². The van der Waals surface area contributed by atoms with Crippen LogP contribution in [0, 0.1) is 5.92 Å². The lowest BCUT2D eigenvalue weighted by Gasteiger charge is -2.15. The fourth-order valence-electron chi connectivity index (χ4n) is 2.22. The lowest BCUT2D eigenvalue weighted by atomic mass is 10.1. The summed E-state index contributed by atoms with van der Waals surface area (Å²) in [5, 5.41) is 1.03. The molecule has 1 atom stereocenters. The van der Waals surface area contributed by atoms with Gasteiger partial charge in [-0.3, -0.25) is 4.79 Å². The van der Waals surface area contributed by atoms with E-state index in [0.717, 1.165) is 16.7 Å². The van der Waals surface area contributed by atoms with Crippen LogP contribution >= 0.6 is 0 Å². The van der Waals surface area contributed by atoms with E-state index in [-0.39, 0.29) is 11.8 Å². The molecule has 1 aliphatic heterocycles. The number of amides is 1. The highest BCUT2D eigenvalue weighted by Gasteiger charge is 2.28. The number of nitrogens with zero attached hydrogens (tertiary/aromatic N) is 2. The van der Waals surface area contributed by atoms with Gasteiger partial charge in [-0.1, -0.05) is 6.08 Å². The molecule has 4 heteroatoms. The summed E-state index contributed by atoms with van der Waals surface area (Å²) in [7, 11) is 0. The Hall–Kier alpha value is -2.10. The molecule has 4 nitrogen and oxygen atoms in total. The molecule has 1 amide bonds. The second kappa shape index (κ2) is 3.73. The highest BCUT2D eigenvalue weighted by atomic mass is 16.2. The maximum absolute atomic E-state index is 11.9. The molecule has 1 saturated heterocycles. The van der Waals surface area contributed by atoms with Crippen molar-refractivity contribution in [2.75, 3.05) is 11.4 Å². The van der Waals surface area contributed by atoms with E-state index in [1.807, 2.05) is 24.4 Å². The maximum atomic E-state index is 11.9. The minimum absolute atomic E-state index is 0.145. The van der Waals surface area contributed by atoms with E-state index in [2.05, 4.69) is 16.5 Å². The average Bonchev–Trinajstić information content (AvgIpc) is 2.93. The summed E-state index contributed by atoms with van der Waals surface area (Å²) in [5.74, 6) is 0.399. The van der Waals surface area contributed by atoms with Crippen molar-refractivity contribution in [3.8, 4) is 0 Å². The van der Waals surface area contributed by atoms with Crippen LogP contribution < -0.4 is 4.90 Å². The van der Waals surface area contributed by atoms with Crippen LogP contribution in [0.2, 0.25) is 0 Å². The minimum atomic E-state index is 0.145. The normalized spacial score (nSPS) is 20.1. The zero-order valence-electron chi connectivity index (χ0n) is 9.39. The number of pyridine rings is 1. The summed E-state index contributed by atoms with van der Waals surface area (Å²) in [6.45, 7) is 4.46. The number of fused-ring (bicyclic) bond motifs is 1. The van der Waals surface area contributed by atoms with Crippen LogP contribution in [0.5, 0.6) is 0 Å². The van der Waals surface area contributed by atoms with Crippen molar-refractivity contribution in [3.05, 3.63) is 37.2 Å². The smallest absolute Gasteiger partial charge is 0.227 e. The molecule has 2 aromatic heterocycles. The first-order valence-corrected chi connectivity index (χ1v) is 5.64. The lowest BCUT2D eigenvalue weighted by Crippen LogP contribution is -2.24. The molecule has 86 valence electrons. The number of aromatic amines is 1. The van der Waals surface area contributed by atoms with Gasteiger partial charge in [0.25, 0.3) is 0 Å². The first-order valence-electron chi connectivity index (χ1n) is 5.64. The molecule has 0 spiro atoms. The fourth-order valence-corrected chi connectivity index (χ4v) is 2.22. The van der Waals surface area contributed by atoms with Gasteiger partial charge in [0, 0.05) is 30.5 Å². The lowest BCUT2D eigenvalue weighted by molar-refractivity contribution is -0.117. The molecule has 0 bridgehead atoms. The predicted molar refractivity (Wildman–Crippen MR) is 66.8 cm³/mol. The summed E-state index contributed by atoms with van der Waals surface area (Å²) >= 11 is 0. The molecule has 3 rings (SSSR count). The van der Waals surface area contributed by atoms with Crippen molar-refractivity contribution >= 4 is 22.6 Å². The third-order valence-corrected chi connectivity index (χ3v) is 3.19. The van der Waals surface area contributed by atoms with Gasteiger partial charge in [0.15, 0.2) is 0 Å². The molecular weight excluding hydrogens is 214 g/mol. The average molecular weight is 227 g/mol. The summed E-state index contributed by atoms with van der Waals surface area (Å²) in [6, 6.07) is 3.94. The number of H-pyrrole nitrogens is 1. The van der Waals surface area contributed by atoms with Crippen molar-refractivity contribution in [1.82, 2.24) is 9.97 Å². The standard InChI is InChI=1S/C13H13N3O/c1-2-9-5-12(17)16(8-9)11-6-10-3-4-14-13(10)15-7-11/h2-4,6-7,9H,1,5,8H2,(H,14,15). The molecule has 0 saturated carbocycles. The van der Waals surface area contributed by atoms with Gasteiger partial charge in [-0.15, -0.1) is 6.58 Å². The molecule has 3 heterocycles. The van der Waals surface area contributed by atoms with Crippen LogP contribution in [-0.4, -0.2) is 22.4 Å². The Kier molecular flexibility index (Phi) is 2.21. The number of aromatic nitrogens is 2. The highest BCUT2D eigenvalue weighted by molar-refractivity contribution is 5.97. The van der Waals surface area contributed by atoms with Crippen molar-refractivity contribution in [2.24, 2.45) is 5.92 Å². The predicted octanol–water partition coefficient (Wildman–Crippen LogP) is 2.10. The van der Waals surface area contributed by atoms with Crippen molar-refractivity contribution in [1.29, 1.82) is 0 Å². The monoisotopic (exact) mass is 227 g/mol. The molecule has 1 fully saturated rings. The molecule has 0 aromatic carbocycles. The van der Waals surface area contributed by atoms with Crippen LogP contribution in [0.15, 0.2) is 37.2 Å². The van der Waals surface area contributed by atoms with E-state index < -0.39 is 0 Å². The van der Waals surface area contributed by atoms with Crippen molar-refractivity contribution in [3.63, 3.8) is 0 Å². The number of carbonyl (C=O) groups is 1. The number of rotatable bonds is 2. The van der Waals surface area contributed by atoms with Gasteiger partial charge in [0.1, 0.15) is 5.65 Å². The quantitative estimate of drug-likeness (QED) is 0.799. The van der Waals surface area contributed by atoms with Gasteiger partial charge in [-0.2, -0.15) is 0 Å². The fraction of sp³-hybridized carbons (Fsp3) is 0.231.